The van der Waals surface area contributed by atoms with Crippen LogP contribution in [-0.2, 0) is 28.7 Å². The number of hydrogen-bond acceptors (Lipinski definition) is 18. The summed E-state index contributed by atoms with van der Waals surface area (Å²) < 4.78 is 5.73. The standard InChI is InChI=1S/C36H69N13O10/c37-9-1-5-19(38)13-25(52)42-10-2-6-20(39)14-26(53)43-11-3-7-21(40)15-27(54)44-12-4-8-22(41)16-28(55)46-31-33(57)32(56)24(18-50)59-35(31)49-36-47-29-23(51)17-45-34(58)30(29)48-36/h19-24,29-33,35,50-51,56-57H,1-18,37-41H2,(H,42,52)(H,43,53)(H,44,54)(H,45,58)(H,46,55)(H2,47,48,49)/t19?,20?,21?,22?,23-,24-,29+,30-,31-,32+,33+,35-/m1/s1. The molecule has 23 nitrogen and oxygen atoms in total. The maximum absolute atomic E-state index is 13.0. The number of aliphatic hydroxyl groups is 4. The molecule has 0 aromatic rings. The van der Waals surface area contributed by atoms with Crippen LogP contribution in [0.1, 0.15) is 77.0 Å². The number of aliphatic imine (C=N–C) groups is 1. The van der Waals surface area contributed by atoms with Gasteiger partial charge in [-0.3, -0.25) is 24.0 Å². The summed E-state index contributed by atoms with van der Waals surface area (Å²) in [6.45, 7) is 1.08. The molecule has 21 N–H and O–H groups in total. The predicted octanol–water partition coefficient (Wildman–Crippen LogP) is -7.02. The van der Waals surface area contributed by atoms with Crippen LogP contribution in [0.25, 0.3) is 0 Å². The Kier molecular flexibility index (Phi) is 21.6. The number of carbonyl (C=O) groups excluding carboxylic acids is 5. The van der Waals surface area contributed by atoms with Crippen LogP contribution in [-0.4, -0.2) is 168 Å². The normalized spacial score (nSPS) is 27.1. The third-order valence-corrected chi connectivity index (χ3v) is 10.4. The fourth-order valence-electron chi connectivity index (χ4n) is 7.05. The maximum Gasteiger partial charge on any atom is 0.247 e. The fraction of sp³-hybridized carbons (Fsp3) is 0.833. The second-order valence-electron chi connectivity index (χ2n) is 15.7. The minimum Gasteiger partial charge on any atom is -0.394 e. The van der Waals surface area contributed by atoms with Crippen LogP contribution in [0.5, 0.6) is 0 Å². The number of fused-ring (bicyclic) bond motifs is 1. The summed E-state index contributed by atoms with van der Waals surface area (Å²) in [7, 11) is 0. The first-order chi connectivity index (χ1) is 28.1. The van der Waals surface area contributed by atoms with E-state index in [1.54, 1.807) is 0 Å². The van der Waals surface area contributed by atoms with E-state index in [4.69, 9.17) is 33.4 Å². The van der Waals surface area contributed by atoms with Crippen molar-refractivity contribution in [1.82, 2.24) is 37.2 Å². The van der Waals surface area contributed by atoms with Crippen LogP contribution in [0.4, 0.5) is 0 Å². The Labute approximate surface area is 344 Å². The number of ether oxygens (including phenoxy) is 1. The molecule has 0 radical (unpaired) electrons. The van der Waals surface area contributed by atoms with E-state index in [1.807, 2.05) is 0 Å². The summed E-state index contributed by atoms with van der Waals surface area (Å²) in [6, 6.07) is -4.43. The van der Waals surface area contributed by atoms with E-state index in [2.05, 4.69) is 42.2 Å². The number of carbonyl (C=O) groups is 5. The van der Waals surface area contributed by atoms with Crippen molar-refractivity contribution in [1.29, 1.82) is 0 Å². The number of aliphatic hydroxyl groups excluding tert-OH is 4. The molecule has 0 saturated carbocycles. The van der Waals surface area contributed by atoms with Crippen LogP contribution in [0.3, 0.4) is 0 Å². The Balaban J connectivity index is 1.26. The molecule has 2 saturated heterocycles. The Morgan fingerprint density at radius 2 is 1.22 bits per heavy atom. The van der Waals surface area contributed by atoms with E-state index >= 15 is 0 Å². The molecule has 0 aromatic heterocycles. The summed E-state index contributed by atoms with van der Waals surface area (Å²) in [5, 5.41) is 60.7. The predicted molar refractivity (Wildman–Crippen MR) is 215 cm³/mol. The molecule has 0 aromatic carbocycles. The first-order valence-corrected chi connectivity index (χ1v) is 20.6. The zero-order valence-corrected chi connectivity index (χ0v) is 33.7. The third kappa shape index (κ3) is 17.4. The molecule has 23 heteroatoms. The molecule has 0 aliphatic carbocycles. The molecule has 338 valence electrons. The minimum absolute atomic E-state index is 0.0375. The van der Waals surface area contributed by atoms with Crippen molar-refractivity contribution in [3.63, 3.8) is 0 Å². The lowest BCUT2D eigenvalue weighted by Crippen LogP contribution is -2.69. The second kappa shape index (κ2) is 25.8. The average molecular weight is 844 g/mol. The van der Waals surface area contributed by atoms with Crippen LogP contribution < -0.4 is 65.9 Å². The number of piperidine rings is 1. The summed E-state index contributed by atoms with van der Waals surface area (Å²) in [5.41, 5.74) is 29.8. The van der Waals surface area contributed by atoms with Gasteiger partial charge in [0.15, 0.2) is 18.2 Å². The topological polar surface area (TPSA) is 402 Å². The van der Waals surface area contributed by atoms with Crippen molar-refractivity contribution in [2.24, 2.45) is 33.7 Å². The van der Waals surface area contributed by atoms with Gasteiger partial charge in [-0.2, -0.15) is 0 Å². The van der Waals surface area contributed by atoms with Gasteiger partial charge in [-0.25, -0.2) is 4.99 Å². The van der Waals surface area contributed by atoms with Crippen LogP contribution >= 0.6 is 0 Å². The molecule has 0 bridgehead atoms. The van der Waals surface area contributed by atoms with E-state index in [0.29, 0.717) is 71.1 Å². The van der Waals surface area contributed by atoms with Gasteiger partial charge < -0.3 is 91.0 Å². The zero-order valence-electron chi connectivity index (χ0n) is 33.7. The summed E-state index contributed by atoms with van der Waals surface area (Å²) in [5.74, 6) is -1.43. The number of β-amino-alcohol motifs (C(OH)–C–C–N with tert-alkyl or cyclic N) is 1. The zero-order chi connectivity index (χ0) is 43.5. The van der Waals surface area contributed by atoms with Crippen molar-refractivity contribution in [3.05, 3.63) is 0 Å². The van der Waals surface area contributed by atoms with Gasteiger partial charge in [0.25, 0.3) is 0 Å². The molecule has 59 heavy (non-hydrogen) atoms. The average Bonchev–Trinajstić information content (AvgIpc) is 3.62. The quantitative estimate of drug-likeness (QED) is 0.0360. The van der Waals surface area contributed by atoms with Gasteiger partial charge in [-0.1, -0.05) is 0 Å². The number of amides is 5. The summed E-state index contributed by atoms with van der Waals surface area (Å²) >= 11 is 0. The molecular weight excluding hydrogens is 774 g/mol. The Morgan fingerprint density at radius 1 is 0.746 bits per heavy atom. The molecule has 3 heterocycles. The van der Waals surface area contributed by atoms with Gasteiger partial charge >= 0.3 is 0 Å². The highest BCUT2D eigenvalue weighted by Gasteiger charge is 2.47. The molecule has 0 spiro atoms. The minimum atomic E-state index is -1.56. The number of rotatable bonds is 26. The van der Waals surface area contributed by atoms with Gasteiger partial charge in [0.05, 0.1) is 18.8 Å². The summed E-state index contributed by atoms with van der Waals surface area (Å²) in [6.07, 6.45) is -1.48. The van der Waals surface area contributed by atoms with Gasteiger partial charge in [0.2, 0.25) is 29.5 Å². The second-order valence-corrected chi connectivity index (χ2v) is 15.7. The third-order valence-electron chi connectivity index (χ3n) is 10.4. The van der Waals surface area contributed by atoms with Gasteiger partial charge in [0.1, 0.15) is 24.4 Å². The number of guanidine groups is 1. The molecule has 3 rings (SSSR count). The van der Waals surface area contributed by atoms with Gasteiger partial charge in [0, 0.05) is 76.0 Å². The van der Waals surface area contributed by atoms with E-state index in [9.17, 15) is 44.4 Å². The Bertz CT molecular complexity index is 1380. The fourth-order valence-corrected chi connectivity index (χ4v) is 7.05. The lowest BCUT2D eigenvalue weighted by atomic mass is 9.95. The highest BCUT2D eigenvalue weighted by molar-refractivity contribution is 5.92. The number of nitrogens with zero attached hydrogens (tertiary/aromatic N) is 1. The maximum atomic E-state index is 13.0. The van der Waals surface area contributed by atoms with Crippen molar-refractivity contribution in [2.75, 3.05) is 39.3 Å². The van der Waals surface area contributed by atoms with E-state index in [-0.39, 0.29) is 68.0 Å². The first kappa shape index (κ1) is 49.6. The number of nitrogens with one attached hydrogen (secondary N) is 7. The SMILES string of the molecule is NCCCC(N)CC(=O)NCCCC(N)CC(=O)NCCCC(N)CC(=O)NCCCC(N)CC(=O)N[C@@H]1[C@H](O)[C@@H](O)[C@@H](CO)O[C@H]1NC1=N[C@H]2C(=O)NC[C@@H](O)[C@@H]2N1. The van der Waals surface area contributed by atoms with Crippen LogP contribution in [0.2, 0.25) is 0 Å². The molecule has 12 atom stereocenters. The number of nitrogens with two attached hydrogens (primary N) is 5. The molecule has 3 aliphatic rings. The van der Waals surface area contributed by atoms with Crippen molar-refractivity contribution in [2.45, 2.75) is 150 Å². The van der Waals surface area contributed by atoms with E-state index in [1.165, 1.54) is 0 Å². The molecule has 4 unspecified atom stereocenters. The van der Waals surface area contributed by atoms with Crippen molar-refractivity contribution in [3.8, 4) is 0 Å². The highest BCUT2D eigenvalue weighted by atomic mass is 16.5. The highest BCUT2D eigenvalue weighted by Crippen LogP contribution is 2.22. The lowest BCUT2D eigenvalue weighted by molar-refractivity contribution is -0.198. The molecule has 3 aliphatic heterocycles. The largest absolute Gasteiger partial charge is 0.394 e. The van der Waals surface area contributed by atoms with E-state index < -0.39 is 79.3 Å². The Hall–Kier alpha value is -3.78. The summed E-state index contributed by atoms with van der Waals surface area (Å²) in [4.78, 5) is 66.1. The van der Waals surface area contributed by atoms with Crippen LogP contribution in [0, 0.1) is 0 Å². The number of hydrogen-bond donors (Lipinski definition) is 16. The Morgan fingerprint density at radius 3 is 1.68 bits per heavy atom. The van der Waals surface area contributed by atoms with E-state index in [0.717, 1.165) is 6.42 Å². The molecular formula is C36H69N13O10. The van der Waals surface area contributed by atoms with Gasteiger partial charge in [-0.05, 0) is 57.9 Å². The molecule has 2 fully saturated rings. The first-order valence-electron chi connectivity index (χ1n) is 20.6. The van der Waals surface area contributed by atoms with Crippen molar-refractivity contribution >= 4 is 35.5 Å². The molecule has 5 amide bonds. The van der Waals surface area contributed by atoms with Gasteiger partial charge in [-0.15, -0.1) is 0 Å². The smallest absolute Gasteiger partial charge is 0.247 e. The lowest BCUT2D eigenvalue weighted by Gasteiger charge is -2.43. The van der Waals surface area contributed by atoms with Crippen molar-refractivity contribution < 1.29 is 49.1 Å². The monoisotopic (exact) mass is 844 g/mol. The van der Waals surface area contributed by atoms with Crippen LogP contribution in [0.15, 0.2) is 4.99 Å².